The number of amides is 1. The minimum absolute atomic E-state index is 0.00199. The molecule has 2 atom stereocenters. The van der Waals surface area contributed by atoms with Crippen LogP contribution >= 0.6 is 15.9 Å². The number of hydrogen-bond donors (Lipinski definition) is 2. The number of rotatable bonds is 2. The number of benzene rings is 1. The largest absolute Gasteiger partial charge is 0.391 e. The van der Waals surface area contributed by atoms with E-state index in [1.165, 1.54) is 6.07 Å². The summed E-state index contributed by atoms with van der Waals surface area (Å²) >= 11 is 3.05. The lowest BCUT2D eigenvalue weighted by atomic mass is 9.92. The fourth-order valence-corrected chi connectivity index (χ4v) is 2.57. The van der Waals surface area contributed by atoms with E-state index in [2.05, 4.69) is 21.2 Å². The monoisotopic (exact) mass is 315 g/mol. The topological polar surface area (TPSA) is 49.3 Å². The van der Waals surface area contributed by atoms with E-state index in [0.717, 1.165) is 19.3 Å². The summed E-state index contributed by atoms with van der Waals surface area (Å²) in [4.78, 5) is 11.9. The van der Waals surface area contributed by atoms with Crippen LogP contribution in [-0.4, -0.2) is 23.2 Å². The van der Waals surface area contributed by atoms with Gasteiger partial charge in [0.1, 0.15) is 5.82 Å². The first-order valence-electron chi connectivity index (χ1n) is 6.02. The third-order valence-electron chi connectivity index (χ3n) is 3.24. The van der Waals surface area contributed by atoms with Gasteiger partial charge >= 0.3 is 0 Å². The Hall–Kier alpha value is -0.940. The number of carbonyl (C=O) groups is 1. The van der Waals surface area contributed by atoms with Gasteiger partial charge < -0.3 is 10.4 Å². The van der Waals surface area contributed by atoms with Crippen molar-refractivity contribution in [3.63, 3.8) is 0 Å². The Labute approximate surface area is 114 Å². The Balaban J connectivity index is 2.09. The van der Waals surface area contributed by atoms with E-state index < -0.39 is 17.8 Å². The maximum absolute atomic E-state index is 13.7. The lowest BCUT2D eigenvalue weighted by Gasteiger charge is -2.28. The van der Waals surface area contributed by atoms with Gasteiger partial charge in [-0.25, -0.2) is 4.39 Å². The Morgan fingerprint density at radius 1 is 1.39 bits per heavy atom. The van der Waals surface area contributed by atoms with Crippen LogP contribution in [0, 0.1) is 5.82 Å². The minimum Gasteiger partial charge on any atom is -0.391 e. The van der Waals surface area contributed by atoms with Crippen molar-refractivity contribution in [2.24, 2.45) is 0 Å². The maximum atomic E-state index is 13.7. The molecule has 0 unspecified atom stereocenters. The number of carbonyl (C=O) groups excluding carboxylic acids is 1. The maximum Gasteiger partial charge on any atom is 0.254 e. The molecule has 0 bridgehead atoms. The predicted molar refractivity (Wildman–Crippen MR) is 69.8 cm³/mol. The summed E-state index contributed by atoms with van der Waals surface area (Å²) in [5.74, 6) is -1.04. The van der Waals surface area contributed by atoms with Gasteiger partial charge in [-0.05, 0) is 40.9 Å². The predicted octanol–water partition coefficient (Wildman–Crippen LogP) is 2.62. The molecule has 1 amide bonds. The number of hydrogen-bond acceptors (Lipinski definition) is 2. The van der Waals surface area contributed by atoms with Gasteiger partial charge in [0.05, 0.1) is 22.2 Å². The summed E-state index contributed by atoms with van der Waals surface area (Å²) in [6, 6.07) is 4.32. The first-order chi connectivity index (χ1) is 8.59. The molecule has 18 heavy (non-hydrogen) atoms. The standard InChI is InChI=1S/C13H15BrFNO2/c14-9-5-3-4-8(12(9)15)13(18)16-10-6-1-2-7-11(10)17/h3-5,10-11,17H,1-2,6-7H2,(H,16,18)/t10-,11-/m0/s1. The van der Waals surface area contributed by atoms with Crippen molar-refractivity contribution < 1.29 is 14.3 Å². The molecule has 3 nitrogen and oxygen atoms in total. The van der Waals surface area contributed by atoms with Crippen LogP contribution in [-0.2, 0) is 0 Å². The molecule has 1 aliphatic rings. The third-order valence-corrected chi connectivity index (χ3v) is 3.85. The Kier molecular flexibility index (Phi) is 4.35. The molecule has 0 aromatic heterocycles. The van der Waals surface area contributed by atoms with Gasteiger partial charge in [0.15, 0.2) is 0 Å². The van der Waals surface area contributed by atoms with E-state index in [-0.39, 0.29) is 16.1 Å². The Morgan fingerprint density at radius 2 is 2.11 bits per heavy atom. The van der Waals surface area contributed by atoms with E-state index in [0.29, 0.717) is 6.42 Å². The quantitative estimate of drug-likeness (QED) is 0.881. The molecule has 1 aromatic rings. The summed E-state index contributed by atoms with van der Waals surface area (Å²) < 4.78 is 14.0. The first kappa shape index (κ1) is 13.5. The van der Waals surface area contributed by atoms with Crippen LogP contribution in [0.2, 0.25) is 0 Å². The first-order valence-corrected chi connectivity index (χ1v) is 6.82. The molecule has 0 heterocycles. The molecular weight excluding hydrogens is 301 g/mol. The molecule has 2 N–H and O–H groups in total. The lowest BCUT2D eigenvalue weighted by molar-refractivity contribution is 0.0714. The lowest BCUT2D eigenvalue weighted by Crippen LogP contribution is -2.45. The fourth-order valence-electron chi connectivity index (χ4n) is 2.20. The number of aliphatic hydroxyl groups is 1. The molecule has 1 saturated carbocycles. The molecule has 2 rings (SSSR count). The second kappa shape index (κ2) is 5.80. The molecule has 5 heteroatoms. The smallest absolute Gasteiger partial charge is 0.254 e. The van der Waals surface area contributed by atoms with Gasteiger partial charge in [-0.3, -0.25) is 4.79 Å². The van der Waals surface area contributed by atoms with Crippen molar-refractivity contribution in [2.75, 3.05) is 0 Å². The van der Waals surface area contributed by atoms with Crippen molar-refractivity contribution in [2.45, 2.75) is 37.8 Å². The summed E-state index contributed by atoms with van der Waals surface area (Å²) in [5, 5.41) is 12.5. The van der Waals surface area contributed by atoms with Gasteiger partial charge in [-0.2, -0.15) is 0 Å². The van der Waals surface area contributed by atoms with Gasteiger partial charge in [0.2, 0.25) is 0 Å². The Morgan fingerprint density at radius 3 is 2.83 bits per heavy atom. The molecule has 1 aliphatic carbocycles. The fraction of sp³-hybridized carbons (Fsp3) is 0.462. The van der Waals surface area contributed by atoms with Crippen LogP contribution in [0.4, 0.5) is 4.39 Å². The van der Waals surface area contributed by atoms with Crippen LogP contribution in [0.5, 0.6) is 0 Å². The summed E-state index contributed by atoms with van der Waals surface area (Å²) in [7, 11) is 0. The van der Waals surface area contributed by atoms with Crippen molar-refractivity contribution in [3.05, 3.63) is 34.1 Å². The van der Waals surface area contributed by atoms with Gasteiger partial charge in [-0.15, -0.1) is 0 Å². The Bertz CT molecular complexity index is 453. The highest BCUT2D eigenvalue weighted by Crippen LogP contribution is 2.21. The number of halogens is 2. The van der Waals surface area contributed by atoms with Crippen LogP contribution < -0.4 is 5.32 Å². The highest BCUT2D eigenvalue weighted by atomic mass is 79.9. The average Bonchev–Trinajstić information content (AvgIpc) is 2.35. The second-order valence-electron chi connectivity index (χ2n) is 4.53. The van der Waals surface area contributed by atoms with Gasteiger partial charge in [0, 0.05) is 0 Å². The molecule has 98 valence electrons. The highest BCUT2D eigenvalue weighted by molar-refractivity contribution is 9.10. The zero-order valence-corrected chi connectivity index (χ0v) is 11.4. The van der Waals surface area contributed by atoms with Crippen LogP contribution in [0.3, 0.4) is 0 Å². The SMILES string of the molecule is O=C(N[C@H]1CCCC[C@@H]1O)c1cccc(Br)c1F. The van der Waals surface area contributed by atoms with E-state index >= 15 is 0 Å². The molecule has 0 spiro atoms. The average molecular weight is 316 g/mol. The van der Waals surface area contributed by atoms with E-state index in [1.54, 1.807) is 12.1 Å². The molecule has 0 aliphatic heterocycles. The molecule has 0 radical (unpaired) electrons. The highest BCUT2D eigenvalue weighted by Gasteiger charge is 2.25. The zero-order chi connectivity index (χ0) is 13.1. The molecular formula is C13H15BrFNO2. The van der Waals surface area contributed by atoms with Crippen molar-refractivity contribution in [3.8, 4) is 0 Å². The van der Waals surface area contributed by atoms with Crippen LogP contribution in [0.15, 0.2) is 22.7 Å². The summed E-state index contributed by atoms with van der Waals surface area (Å²) in [6.07, 6.45) is 2.84. The summed E-state index contributed by atoms with van der Waals surface area (Å²) in [6.45, 7) is 0. The van der Waals surface area contributed by atoms with Crippen LogP contribution in [0.1, 0.15) is 36.0 Å². The minimum atomic E-state index is -0.569. The zero-order valence-electron chi connectivity index (χ0n) is 9.83. The molecule has 0 saturated heterocycles. The number of aliphatic hydroxyl groups excluding tert-OH is 1. The second-order valence-corrected chi connectivity index (χ2v) is 5.39. The van der Waals surface area contributed by atoms with E-state index in [1.807, 2.05) is 0 Å². The molecule has 1 aromatic carbocycles. The number of nitrogens with one attached hydrogen (secondary N) is 1. The van der Waals surface area contributed by atoms with Crippen molar-refractivity contribution >= 4 is 21.8 Å². The van der Waals surface area contributed by atoms with Gasteiger partial charge in [-0.1, -0.05) is 18.9 Å². The summed E-state index contributed by atoms with van der Waals surface area (Å²) in [5.41, 5.74) is 0.00199. The van der Waals surface area contributed by atoms with Crippen molar-refractivity contribution in [1.82, 2.24) is 5.32 Å². The molecule has 1 fully saturated rings. The van der Waals surface area contributed by atoms with Crippen molar-refractivity contribution in [1.29, 1.82) is 0 Å². The van der Waals surface area contributed by atoms with E-state index in [4.69, 9.17) is 0 Å². The third kappa shape index (κ3) is 2.90. The normalized spacial score (nSPS) is 23.7. The van der Waals surface area contributed by atoms with E-state index in [9.17, 15) is 14.3 Å². The van der Waals surface area contributed by atoms with Crippen LogP contribution in [0.25, 0.3) is 0 Å². The van der Waals surface area contributed by atoms with Gasteiger partial charge in [0.25, 0.3) is 5.91 Å².